The van der Waals surface area contributed by atoms with Crippen molar-refractivity contribution in [3.8, 4) is 11.3 Å². The Kier molecular flexibility index (Phi) is 5.13. The normalized spacial score (nSPS) is 16.1. The molecule has 0 saturated carbocycles. The number of anilines is 1. The van der Waals surface area contributed by atoms with Crippen LogP contribution in [0.1, 0.15) is 23.7 Å². The molecule has 1 fully saturated rings. The molecule has 4 aromatic rings. The standard InChI is InChI=1S/C24H21ClFN5O/c1-14-28-20-11-21(31-9-7-16(13-31)15-4-3-8-27-12-15)29-23(22(20)24(32)30(14)2)18-6-5-17(25)10-19(18)26/h3-6,8,10-12,16H,7,9,13H2,1-2H3/t16-/m1/s1. The van der Waals surface area contributed by atoms with Gasteiger partial charge in [0.2, 0.25) is 0 Å². The molecule has 8 heteroatoms. The number of benzene rings is 1. The lowest BCUT2D eigenvalue weighted by Gasteiger charge is -2.20. The van der Waals surface area contributed by atoms with E-state index in [-0.39, 0.29) is 21.8 Å². The molecule has 1 aromatic carbocycles. The molecule has 1 atom stereocenters. The second-order valence-corrected chi connectivity index (χ2v) is 8.52. The minimum Gasteiger partial charge on any atom is -0.356 e. The van der Waals surface area contributed by atoms with E-state index in [9.17, 15) is 9.18 Å². The summed E-state index contributed by atoms with van der Waals surface area (Å²) in [4.78, 5) is 28.9. The molecular formula is C24H21ClFN5O. The van der Waals surface area contributed by atoms with E-state index in [2.05, 4.69) is 20.9 Å². The molecule has 0 aliphatic carbocycles. The zero-order chi connectivity index (χ0) is 22.4. The van der Waals surface area contributed by atoms with Gasteiger partial charge in [-0.05, 0) is 43.2 Å². The molecule has 0 spiro atoms. The van der Waals surface area contributed by atoms with Crippen molar-refractivity contribution in [1.29, 1.82) is 0 Å². The van der Waals surface area contributed by atoms with Gasteiger partial charge in [0.15, 0.2) is 0 Å². The predicted molar refractivity (Wildman–Crippen MR) is 124 cm³/mol. The molecule has 1 aliphatic heterocycles. The van der Waals surface area contributed by atoms with Crippen LogP contribution >= 0.6 is 11.6 Å². The van der Waals surface area contributed by atoms with Crippen molar-refractivity contribution < 1.29 is 4.39 Å². The van der Waals surface area contributed by atoms with Crippen LogP contribution in [-0.4, -0.2) is 32.6 Å². The Hall–Kier alpha value is -3.32. The van der Waals surface area contributed by atoms with E-state index in [1.54, 1.807) is 32.3 Å². The monoisotopic (exact) mass is 449 g/mol. The minimum atomic E-state index is -0.527. The van der Waals surface area contributed by atoms with E-state index in [1.165, 1.54) is 16.2 Å². The van der Waals surface area contributed by atoms with Crippen LogP contribution in [0.15, 0.2) is 53.6 Å². The predicted octanol–water partition coefficient (Wildman–Crippen LogP) is 4.49. The number of aromatic nitrogens is 4. The van der Waals surface area contributed by atoms with Crippen molar-refractivity contribution >= 4 is 28.3 Å². The maximum atomic E-state index is 14.9. The highest BCUT2D eigenvalue weighted by Gasteiger charge is 2.27. The maximum Gasteiger partial charge on any atom is 0.263 e. The van der Waals surface area contributed by atoms with Gasteiger partial charge in [-0.3, -0.25) is 14.3 Å². The van der Waals surface area contributed by atoms with E-state index >= 15 is 0 Å². The van der Waals surface area contributed by atoms with Gasteiger partial charge in [0.25, 0.3) is 5.56 Å². The minimum absolute atomic E-state index is 0.229. The van der Waals surface area contributed by atoms with Gasteiger partial charge in [0, 0.05) is 55.1 Å². The zero-order valence-corrected chi connectivity index (χ0v) is 18.5. The Bertz CT molecular complexity index is 1390. The van der Waals surface area contributed by atoms with Crippen molar-refractivity contribution in [3.63, 3.8) is 0 Å². The summed E-state index contributed by atoms with van der Waals surface area (Å²) in [6.45, 7) is 3.33. The lowest BCUT2D eigenvalue weighted by Crippen LogP contribution is -2.24. The van der Waals surface area contributed by atoms with Crippen molar-refractivity contribution in [3.05, 3.63) is 81.4 Å². The highest BCUT2D eigenvalue weighted by molar-refractivity contribution is 6.30. The molecule has 32 heavy (non-hydrogen) atoms. The maximum absolute atomic E-state index is 14.9. The topological polar surface area (TPSA) is 63.9 Å². The number of hydrogen-bond donors (Lipinski definition) is 0. The highest BCUT2D eigenvalue weighted by Crippen LogP contribution is 2.34. The first-order valence-corrected chi connectivity index (χ1v) is 10.8. The van der Waals surface area contributed by atoms with Gasteiger partial charge < -0.3 is 4.90 Å². The number of aryl methyl sites for hydroxylation is 1. The quantitative estimate of drug-likeness (QED) is 0.461. The fourth-order valence-corrected chi connectivity index (χ4v) is 4.44. The van der Waals surface area contributed by atoms with Crippen molar-refractivity contribution in [2.45, 2.75) is 19.3 Å². The summed E-state index contributed by atoms with van der Waals surface area (Å²) >= 11 is 5.96. The van der Waals surface area contributed by atoms with Crippen LogP contribution in [0.3, 0.4) is 0 Å². The molecule has 1 saturated heterocycles. The van der Waals surface area contributed by atoms with Crippen LogP contribution in [0.4, 0.5) is 10.2 Å². The third-order valence-electron chi connectivity index (χ3n) is 6.13. The molecule has 0 amide bonds. The SMILES string of the molecule is Cc1nc2cc(N3CC[C@@H](c4cccnc4)C3)nc(-c3ccc(Cl)cc3F)c2c(=O)n1C. The van der Waals surface area contributed by atoms with Gasteiger partial charge in [-0.15, -0.1) is 0 Å². The Labute approximate surface area is 189 Å². The molecule has 0 unspecified atom stereocenters. The first kappa shape index (κ1) is 20.6. The molecule has 3 aromatic heterocycles. The van der Waals surface area contributed by atoms with Crippen LogP contribution in [-0.2, 0) is 7.05 Å². The lowest BCUT2D eigenvalue weighted by molar-refractivity contribution is 0.631. The van der Waals surface area contributed by atoms with Crippen LogP contribution in [0, 0.1) is 12.7 Å². The molecule has 0 N–H and O–H groups in total. The van der Waals surface area contributed by atoms with Crippen molar-refractivity contribution in [2.24, 2.45) is 7.05 Å². The summed E-state index contributed by atoms with van der Waals surface area (Å²) in [5.74, 6) is 1.06. The fraction of sp³-hybridized carbons (Fsp3) is 0.250. The first-order chi connectivity index (χ1) is 15.4. The Morgan fingerprint density at radius 1 is 1.19 bits per heavy atom. The smallest absolute Gasteiger partial charge is 0.263 e. The summed E-state index contributed by atoms with van der Waals surface area (Å²) in [6.07, 6.45) is 4.62. The Morgan fingerprint density at radius 2 is 2.03 bits per heavy atom. The number of nitrogens with zero attached hydrogens (tertiary/aromatic N) is 5. The summed E-state index contributed by atoms with van der Waals surface area (Å²) in [7, 11) is 1.65. The number of rotatable bonds is 3. The van der Waals surface area contributed by atoms with Crippen LogP contribution in [0.25, 0.3) is 22.2 Å². The summed E-state index contributed by atoms with van der Waals surface area (Å²) in [5.41, 5.74) is 1.94. The van der Waals surface area contributed by atoms with Gasteiger partial charge in [0.1, 0.15) is 17.5 Å². The Morgan fingerprint density at radius 3 is 2.78 bits per heavy atom. The zero-order valence-electron chi connectivity index (χ0n) is 17.7. The van der Waals surface area contributed by atoms with Crippen molar-refractivity contribution in [1.82, 2.24) is 19.5 Å². The fourth-order valence-electron chi connectivity index (χ4n) is 4.28. The van der Waals surface area contributed by atoms with Crippen molar-refractivity contribution in [2.75, 3.05) is 18.0 Å². The van der Waals surface area contributed by atoms with E-state index in [4.69, 9.17) is 16.6 Å². The molecule has 5 rings (SSSR count). The van der Waals surface area contributed by atoms with Crippen LogP contribution in [0.2, 0.25) is 5.02 Å². The molecule has 6 nitrogen and oxygen atoms in total. The largest absolute Gasteiger partial charge is 0.356 e. The van der Waals surface area contributed by atoms with Gasteiger partial charge in [0.05, 0.1) is 16.6 Å². The number of hydrogen-bond acceptors (Lipinski definition) is 5. The number of halogens is 2. The second kappa shape index (κ2) is 7.98. The molecule has 0 bridgehead atoms. The third kappa shape index (κ3) is 3.52. The van der Waals surface area contributed by atoms with E-state index in [0.717, 1.165) is 19.5 Å². The Balaban J connectivity index is 1.67. The number of fused-ring (bicyclic) bond motifs is 1. The molecular weight excluding hydrogens is 429 g/mol. The number of pyridine rings is 2. The van der Waals surface area contributed by atoms with Crippen LogP contribution < -0.4 is 10.5 Å². The van der Waals surface area contributed by atoms with Gasteiger partial charge in [-0.1, -0.05) is 17.7 Å². The average molecular weight is 450 g/mol. The summed E-state index contributed by atoms with van der Waals surface area (Å²) < 4.78 is 16.3. The molecule has 1 aliphatic rings. The summed E-state index contributed by atoms with van der Waals surface area (Å²) in [5, 5.41) is 0.582. The average Bonchev–Trinajstić information content (AvgIpc) is 3.28. The van der Waals surface area contributed by atoms with Crippen LogP contribution in [0.5, 0.6) is 0 Å². The van der Waals surface area contributed by atoms with E-state index in [1.807, 2.05) is 18.3 Å². The van der Waals surface area contributed by atoms with Gasteiger partial charge in [-0.2, -0.15) is 0 Å². The highest BCUT2D eigenvalue weighted by atomic mass is 35.5. The molecule has 162 valence electrons. The van der Waals surface area contributed by atoms with E-state index in [0.29, 0.717) is 28.5 Å². The second-order valence-electron chi connectivity index (χ2n) is 8.09. The van der Waals surface area contributed by atoms with Gasteiger partial charge >= 0.3 is 0 Å². The molecule has 0 radical (unpaired) electrons. The van der Waals surface area contributed by atoms with E-state index < -0.39 is 5.82 Å². The van der Waals surface area contributed by atoms with Gasteiger partial charge in [-0.25, -0.2) is 14.4 Å². The first-order valence-electron chi connectivity index (χ1n) is 10.4. The third-order valence-corrected chi connectivity index (χ3v) is 6.36. The molecule has 4 heterocycles. The summed E-state index contributed by atoms with van der Waals surface area (Å²) in [6, 6.07) is 10.2. The lowest BCUT2D eigenvalue weighted by atomic mass is 10.0.